The zero-order chi connectivity index (χ0) is 14.8. The Morgan fingerprint density at radius 2 is 2.00 bits per heavy atom. The number of hydrogen-bond acceptors (Lipinski definition) is 3. The van der Waals surface area contributed by atoms with Crippen LogP contribution in [0.15, 0.2) is 36.4 Å². The fourth-order valence-electron chi connectivity index (χ4n) is 3.21. The highest BCUT2D eigenvalue weighted by Crippen LogP contribution is 2.33. The van der Waals surface area contributed by atoms with Crippen molar-refractivity contribution in [3.8, 4) is 5.75 Å². The van der Waals surface area contributed by atoms with Gasteiger partial charge in [0.1, 0.15) is 5.75 Å². The zero-order valence-electron chi connectivity index (χ0n) is 12.5. The van der Waals surface area contributed by atoms with E-state index in [0.29, 0.717) is 6.61 Å². The predicted octanol–water partition coefficient (Wildman–Crippen LogP) is 3.85. The molecule has 0 aliphatic carbocycles. The highest BCUT2D eigenvalue weighted by molar-refractivity contribution is 6.10. The van der Waals surface area contributed by atoms with Gasteiger partial charge in [-0.25, -0.2) is 0 Å². The molecular weight excluding hydrogens is 264 g/mol. The van der Waals surface area contributed by atoms with Crippen molar-refractivity contribution in [2.24, 2.45) is 5.92 Å². The smallest absolute Gasteiger partial charge is 0.169 e. The molecule has 3 rings (SSSR count). The summed E-state index contributed by atoms with van der Waals surface area (Å²) in [6.45, 7) is 2.76. The van der Waals surface area contributed by atoms with Crippen molar-refractivity contribution in [1.29, 1.82) is 0 Å². The van der Waals surface area contributed by atoms with Gasteiger partial charge in [-0.05, 0) is 30.4 Å². The Morgan fingerprint density at radius 3 is 2.71 bits per heavy atom. The molecule has 0 aromatic heterocycles. The van der Waals surface area contributed by atoms with Crippen molar-refractivity contribution in [3.63, 3.8) is 0 Å². The van der Waals surface area contributed by atoms with Gasteiger partial charge in [0.2, 0.25) is 0 Å². The van der Waals surface area contributed by atoms with Crippen LogP contribution in [0.4, 0.5) is 0 Å². The first-order valence-electron chi connectivity index (χ1n) is 7.47. The number of rotatable bonds is 4. The van der Waals surface area contributed by atoms with Gasteiger partial charge in [0.15, 0.2) is 5.78 Å². The van der Waals surface area contributed by atoms with E-state index >= 15 is 0 Å². The van der Waals surface area contributed by atoms with Crippen LogP contribution in [-0.4, -0.2) is 25.6 Å². The third kappa shape index (κ3) is 2.42. The Labute approximate surface area is 124 Å². The van der Waals surface area contributed by atoms with Crippen LogP contribution < -0.4 is 4.74 Å². The molecule has 3 heteroatoms. The molecule has 0 spiro atoms. The molecule has 1 fully saturated rings. The van der Waals surface area contributed by atoms with E-state index in [0.717, 1.165) is 34.9 Å². The van der Waals surface area contributed by atoms with Crippen LogP contribution in [-0.2, 0) is 4.74 Å². The molecule has 1 saturated heterocycles. The molecule has 0 bridgehead atoms. The lowest BCUT2D eigenvalue weighted by Crippen LogP contribution is -2.24. The van der Waals surface area contributed by atoms with Crippen LogP contribution in [0, 0.1) is 5.92 Å². The summed E-state index contributed by atoms with van der Waals surface area (Å²) in [5, 5.41) is 1.95. The summed E-state index contributed by atoms with van der Waals surface area (Å²) in [5.74, 6) is 0.974. The average Bonchev–Trinajstić information content (AvgIpc) is 3.01. The second kappa shape index (κ2) is 5.86. The Hall–Kier alpha value is -1.87. The average molecular weight is 284 g/mol. The van der Waals surface area contributed by atoms with Crippen molar-refractivity contribution in [2.75, 3.05) is 13.7 Å². The molecule has 2 atom stereocenters. The molecular formula is C18H20O3. The molecule has 0 radical (unpaired) electrons. The molecule has 2 unspecified atom stereocenters. The second-order valence-electron chi connectivity index (χ2n) is 5.44. The van der Waals surface area contributed by atoms with Crippen molar-refractivity contribution < 1.29 is 14.3 Å². The molecule has 1 aliphatic rings. The topological polar surface area (TPSA) is 35.5 Å². The molecule has 1 aliphatic heterocycles. The highest BCUT2D eigenvalue weighted by Gasteiger charge is 2.33. The fraction of sp³-hybridized carbons (Fsp3) is 0.389. The number of hydrogen-bond donors (Lipinski definition) is 0. The molecule has 0 amide bonds. The summed E-state index contributed by atoms with van der Waals surface area (Å²) in [5.41, 5.74) is 0.778. The van der Waals surface area contributed by atoms with Crippen molar-refractivity contribution in [2.45, 2.75) is 25.9 Å². The number of ketones is 1. The van der Waals surface area contributed by atoms with E-state index in [1.807, 2.05) is 36.4 Å². The molecule has 1 heterocycles. The molecule has 21 heavy (non-hydrogen) atoms. The Bertz CT molecular complexity index is 663. The van der Waals surface area contributed by atoms with Crippen LogP contribution >= 0.6 is 0 Å². The number of methoxy groups -OCH3 is 1. The summed E-state index contributed by atoms with van der Waals surface area (Å²) in [7, 11) is 1.65. The van der Waals surface area contributed by atoms with Crippen molar-refractivity contribution >= 4 is 16.6 Å². The molecule has 0 N–H and O–H groups in total. The molecule has 2 aromatic rings. The minimum absolute atomic E-state index is 0.0215. The van der Waals surface area contributed by atoms with Gasteiger partial charge in [0, 0.05) is 17.6 Å². The maximum absolute atomic E-state index is 12.9. The van der Waals surface area contributed by atoms with Crippen molar-refractivity contribution in [1.82, 2.24) is 0 Å². The van der Waals surface area contributed by atoms with E-state index in [1.165, 1.54) is 0 Å². The standard InChI is InChI=1S/C18H20O3/c1-3-16-15(10-11-21-16)18(19)14-8-9-17(20-2)13-7-5-4-6-12(13)14/h4-9,15-16H,3,10-11H2,1-2H3. The first-order valence-corrected chi connectivity index (χ1v) is 7.47. The van der Waals surface area contributed by atoms with Crippen LogP contribution in [0.5, 0.6) is 5.75 Å². The fourth-order valence-corrected chi connectivity index (χ4v) is 3.21. The minimum atomic E-state index is -0.0215. The Kier molecular flexibility index (Phi) is 3.93. The zero-order valence-corrected chi connectivity index (χ0v) is 12.5. The van der Waals surface area contributed by atoms with Gasteiger partial charge in [-0.1, -0.05) is 31.2 Å². The number of benzene rings is 2. The lowest BCUT2D eigenvalue weighted by atomic mass is 9.88. The quantitative estimate of drug-likeness (QED) is 0.800. The SMILES string of the molecule is CCC1OCCC1C(=O)c1ccc(OC)c2ccccc12. The van der Waals surface area contributed by atoms with E-state index in [1.54, 1.807) is 7.11 Å². The van der Waals surface area contributed by atoms with E-state index in [9.17, 15) is 4.79 Å². The molecule has 110 valence electrons. The number of fused-ring (bicyclic) bond motifs is 1. The number of ether oxygens (including phenoxy) is 2. The lowest BCUT2D eigenvalue weighted by Gasteiger charge is -2.17. The first-order chi connectivity index (χ1) is 10.3. The highest BCUT2D eigenvalue weighted by atomic mass is 16.5. The Balaban J connectivity index is 2.06. The van der Waals surface area contributed by atoms with Gasteiger partial charge in [-0.15, -0.1) is 0 Å². The normalized spacial score (nSPS) is 21.6. The van der Waals surface area contributed by atoms with Gasteiger partial charge in [0.25, 0.3) is 0 Å². The maximum atomic E-state index is 12.9. The van der Waals surface area contributed by atoms with Crippen molar-refractivity contribution in [3.05, 3.63) is 42.0 Å². The van der Waals surface area contributed by atoms with Gasteiger partial charge >= 0.3 is 0 Å². The third-order valence-corrected chi connectivity index (χ3v) is 4.32. The van der Waals surface area contributed by atoms with Gasteiger partial charge in [0.05, 0.1) is 19.1 Å². The number of carbonyl (C=O) groups excluding carboxylic acids is 1. The number of carbonyl (C=O) groups is 1. The van der Waals surface area contributed by atoms with E-state index in [-0.39, 0.29) is 17.8 Å². The van der Waals surface area contributed by atoms with E-state index < -0.39 is 0 Å². The lowest BCUT2D eigenvalue weighted by molar-refractivity contribution is 0.0690. The summed E-state index contributed by atoms with van der Waals surface area (Å²) < 4.78 is 11.1. The summed E-state index contributed by atoms with van der Waals surface area (Å²) in [6, 6.07) is 11.7. The van der Waals surface area contributed by atoms with E-state index in [4.69, 9.17) is 9.47 Å². The summed E-state index contributed by atoms with van der Waals surface area (Å²) in [6.07, 6.45) is 1.75. The maximum Gasteiger partial charge on any atom is 0.169 e. The van der Waals surface area contributed by atoms with Gasteiger partial charge in [-0.3, -0.25) is 4.79 Å². The molecule has 3 nitrogen and oxygen atoms in total. The van der Waals surface area contributed by atoms with Crippen LogP contribution in [0.25, 0.3) is 10.8 Å². The number of Topliss-reactive ketones (excluding diaryl/α,β-unsaturated/α-hetero) is 1. The van der Waals surface area contributed by atoms with Gasteiger partial charge in [-0.2, -0.15) is 0 Å². The Morgan fingerprint density at radius 1 is 1.24 bits per heavy atom. The molecule has 2 aromatic carbocycles. The van der Waals surface area contributed by atoms with E-state index in [2.05, 4.69) is 6.92 Å². The third-order valence-electron chi connectivity index (χ3n) is 4.32. The largest absolute Gasteiger partial charge is 0.496 e. The first kappa shape index (κ1) is 14.1. The molecule has 0 saturated carbocycles. The van der Waals surface area contributed by atoms with Crippen LogP contribution in [0.1, 0.15) is 30.1 Å². The monoisotopic (exact) mass is 284 g/mol. The minimum Gasteiger partial charge on any atom is -0.496 e. The summed E-state index contributed by atoms with van der Waals surface area (Å²) >= 11 is 0. The van der Waals surface area contributed by atoms with Crippen LogP contribution in [0.3, 0.4) is 0 Å². The van der Waals surface area contributed by atoms with Gasteiger partial charge < -0.3 is 9.47 Å². The summed E-state index contributed by atoms with van der Waals surface area (Å²) in [4.78, 5) is 12.9. The second-order valence-corrected chi connectivity index (χ2v) is 5.44. The predicted molar refractivity (Wildman–Crippen MR) is 83.0 cm³/mol. The van der Waals surface area contributed by atoms with Crippen LogP contribution in [0.2, 0.25) is 0 Å².